The zero-order chi connectivity index (χ0) is 49.2. The van der Waals surface area contributed by atoms with E-state index >= 15 is 0 Å². The van der Waals surface area contributed by atoms with Gasteiger partial charge < -0.3 is 9.47 Å². The first-order valence-electron chi connectivity index (χ1n) is 26.3. The molecule has 1 aromatic heterocycles. The largest absolute Gasteiger partial charge is 0.310 e. The monoisotopic (exact) mass is 946 g/mol. The van der Waals surface area contributed by atoms with Crippen molar-refractivity contribution in [1.29, 1.82) is 0 Å². The maximum Gasteiger partial charge on any atom is 0.0677 e. The lowest BCUT2D eigenvalue weighted by molar-refractivity contribution is 0.693. The van der Waals surface area contributed by atoms with Crippen molar-refractivity contribution >= 4 is 49.5 Å². The maximum absolute atomic E-state index is 2.61. The summed E-state index contributed by atoms with van der Waals surface area (Å²) in [5, 5.41) is 5.01. The number of allylic oxidation sites excluding steroid dienone is 7. The smallest absolute Gasteiger partial charge is 0.0677 e. The first kappa shape index (κ1) is 43.8. The molecule has 2 atom stereocenters. The Morgan fingerprint density at radius 1 is 0.527 bits per heavy atom. The van der Waals surface area contributed by atoms with Gasteiger partial charge in [0, 0.05) is 39.0 Å². The number of benzene rings is 10. The van der Waals surface area contributed by atoms with Crippen LogP contribution < -0.4 is 4.90 Å². The number of hydrogen-bond donors (Lipinski definition) is 0. The quantitative estimate of drug-likeness (QED) is 0.140. The lowest BCUT2D eigenvalue weighted by atomic mass is 9.65. The number of nitrogens with zero attached hydrogens (tertiary/aromatic N) is 2. The number of hydrogen-bond acceptors (Lipinski definition) is 1. The summed E-state index contributed by atoms with van der Waals surface area (Å²) in [6.45, 7) is 2.37. The summed E-state index contributed by atoms with van der Waals surface area (Å²) in [6, 6.07) is 88.1. The second-order valence-electron chi connectivity index (χ2n) is 20.3. The van der Waals surface area contributed by atoms with Crippen LogP contribution in [-0.4, -0.2) is 4.57 Å². The Morgan fingerprint density at radius 3 is 1.99 bits per heavy atom. The molecule has 2 nitrogen and oxygen atoms in total. The minimum absolute atomic E-state index is 0.315. The maximum atomic E-state index is 2.61. The topological polar surface area (TPSA) is 8.17 Å². The highest BCUT2D eigenvalue weighted by molar-refractivity contribution is 6.11. The molecule has 2 heteroatoms. The molecule has 0 radical (unpaired) electrons. The van der Waals surface area contributed by atoms with Crippen molar-refractivity contribution < 1.29 is 0 Å². The van der Waals surface area contributed by atoms with Crippen LogP contribution in [0.1, 0.15) is 48.4 Å². The van der Waals surface area contributed by atoms with Gasteiger partial charge in [0.2, 0.25) is 0 Å². The molecule has 74 heavy (non-hydrogen) atoms. The van der Waals surface area contributed by atoms with Gasteiger partial charge in [-0.2, -0.15) is 0 Å². The predicted molar refractivity (Wildman–Crippen MR) is 312 cm³/mol. The molecular formula is C72H54N2. The number of para-hydroxylation sites is 2. The third kappa shape index (κ3) is 6.93. The predicted octanol–water partition coefficient (Wildman–Crippen LogP) is 19.0. The Hall–Kier alpha value is -8.98. The second-order valence-corrected chi connectivity index (χ2v) is 20.3. The van der Waals surface area contributed by atoms with Gasteiger partial charge in [-0.05, 0) is 135 Å². The first-order chi connectivity index (χ1) is 36.6. The summed E-state index contributed by atoms with van der Waals surface area (Å²) in [4.78, 5) is 2.61. The van der Waals surface area contributed by atoms with E-state index in [1.165, 1.54) is 116 Å². The van der Waals surface area contributed by atoms with Crippen molar-refractivity contribution in [3.63, 3.8) is 0 Å². The van der Waals surface area contributed by atoms with Gasteiger partial charge in [0.25, 0.3) is 0 Å². The molecule has 0 fully saturated rings. The zero-order valence-electron chi connectivity index (χ0n) is 41.5. The van der Waals surface area contributed by atoms with Crippen LogP contribution in [0.4, 0.5) is 11.4 Å². The van der Waals surface area contributed by atoms with Gasteiger partial charge >= 0.3 is 0 Å². The van der Waals surface area contributed by atoms with E-state index in [9.17, 15) is 0 Å². The molecule has 3 aliphatic carbocycles. The molecule has 10 aromatic carbocycles. The highest BCUT2D eigenvalue weighted by Crippen LogP contribution is 2.61. The highest BCUT2D eigenvalue weighted by atomic mass is 15.2. The van der Waals surface area contributed by atoms with Gasteiger partial charge in [-0.25, -0.2) is 0 Å². The Kier molecular flexibility index (Phi) is 10.6. The SMILES string of the molecule is CC1C=C(N(c2ccc(-c3ccc4c(c3)c3ccccc3n4-c3ccccc3)cc2)c2cccc3c2-c2ccccc2C3(C2=CC=CCC2)c2ccccc2)C(c2cccc3cccc(-c4ccccc4)c23)=CC1. The number of aromatic nitrogens is 1. The average molecular weight is 947 g/mol. The summed E-state index contributed by atoms with van der Waals surface area (Å²) in [6.07, 6.45) is 15.0. The minimum atomic E-state index is -0.459. The van der Waals surface area contributed by atoms with Crippen LogP contribution in [-0.2, 0) is 5.41 Å². The molecule has 0 saturated heterocycles. The van der Waals surface area contributed by atoms with E-state index in [-0.39, 0.29) is 0 Å². The van der Waals surface area contributed by atoms with Crippen LogP contribution in [0.25, 0.3) is 77.2 Å². The van der Waals surface area contributed by atoms with Gasteiger partial charge in [-0.3, -0.25) is 0 Å². The van der Waals surface area contributed by atoms with E-state index in [1.807, 2.05) is 0 Å². The van der Waals surface area contributed by atoms with Crippen molar-refractivity contribution in [1.82, 2.24) is 4.57 Å². The van der Waals surface area contributed by atoms with Crippen molar-refractivity contribution in [3.05, 3.63) is 300 Å². The fourth-order valence-corrected chi connectivity index (χ4v) is 12.9. The van der Waals surface area contributed by atoms with E-state index in [4.69, 9.17) is 0 Å². The summed E-state index contributed by atoms with van der Waals surface area (Å²) in [5.41, 5.74) is 21.9. The van der Waals surface area contributed by atoms with Crippen LogP contribution in [0.2, 0.25) is 0 Å². The Morgan fingerprint density at radius 2 is 1.19 bits per heavy atom. The minimum Gasteiger partial charge on any atom is -0.310 e. The van der Waals surface area contributed by atoms with Gasteiger partial charge in [-0.15, -0.1) is 0 Å². The lowest BCUT2D eigenvalue weighted by Gasteiger charge is -2.37. The molecule has 0 spiro atoms. The molecule has 14 rings (SSSR count). The van der Waals surface area contributed by atoms with Crippen LogP contribution in [0.5, 0.6) is 0 Å². The molecular weight excluding hydrogens is 893 g/mol. The molecule has 1 heterocycles. The Balaban J connectivity index is 0.993. The van der Waals surface area contributed by atoms with Gasteiger partial charge in [-0.1, -0.05) is 231 Å². The summed E-state index contributed by atoms with van der Waals surface area (Å²) >= 11 is 0. The number of rotatable bonds is 9. The molecule has 3 aliphatic rings. The van der Waals surface area contributed by atoms with E-state index in [0.717, 1.165) is 24.9 Å². The average Bonchev–Trinajstić information content (AvgIpc) is 4.06. The number of fused-ring (bicyclic) bond motifs is 7. The second kappa shape index (κ2) is 17.9. The highest BCUT2D eigenvalue weighted by Gasteiger charge is 2.48. The van der Waals surface area contributed by atoms with Gasteiger partial charge in [0.1, 0.15) is 0 Å². The van der Waals surface area contributed by atoms with E-state index in [0.29, 0.717) is 5.92 Å². The number of anilines is 2. The van der Waals surface area contributed by atoms with E-state index in [1.54, 1.807) is 0 Å². The molecule has 0 bridgehead atoms. The van der Waals surface area contributed by atoms with Crippen LogP contribution in [0, 0.1) is 5.92 Å². The molecule has 352 valence electrons. The Labute approximate surface area is 433 Å². The van der Waals surface area contributed by atoms with Crippen LogP contribution >= 0.6 is 0 Å². The molecule has 11 aromatic rings. The van der Waals surface area contributed by atoms with Crippen LogP contribution in [0.3, 0.4) is 0 Å². The van der Waals surface area contributed by atoms with E-state index in [2.05, 4.69) is 283 Å². The summed E-state index contributed by atoms with van der Waals surface area (Å²) in [7, 11) is 0. The normalized spacial score (nSPS) is 16.9. The molecule has 0 N–H and O–H groups in total. The molecule has 2 unspecified atom stereocenters. The van der Waals surface area contributed by atoms with Crippen molar-refractivity contribution in [2.75, 3.05) is 4.90 Å². The lowest BCUT2D eigenvalue weighted by Crippen LogP contribution is -2.30. The zero-order valence-corrected chi connectivity index (χ0v) is 41.5. The standard InChI is InChI=1S/C72H54N2/c1-49-39-45-60(61-34-19-24-52-23-18-33-58(70(52)61)51-21-6-2-7-22-51)69(47-49)74(57-43-40-50(41-44-57)53-42-46-67-63(48-53)59-31-15-17-37-66(59)73(67)56-29-12-5-13-30-56)68-38-20-36-65-71(68)62-32-14-16-35-64(62)72(65,54-25-8-3-9-26-54)55-27-10-4-11-28-55/h2-10,12-27,29-38,40-49H,11,28,39H2,1H3. The van der Waals surface area contributed by atoms with Crippen LogP contribution in [0.15, 0.2) is 278 Å². The fraction of sp³-hybridized carbons (Fsp3) is 0.0833. The van der Waals surface area contributed by atoms with Crippen molar-refractivity contribution in [2.45, 2.75) is 31.6 Å². The molecule has 0 amide bonds. The van der Waals surface area contributed by atoms with Gasteiger partial charge in [0.15, 0.2) is 0 Å². The molecule has 0 aliphatic heterocycles. The summed E-state index contributed by atoms with van der Waals surface area (Å²) in [5.74, 6) is 0.315. The fourth-order valence-electron chi connectivity index (χ4n) is 12.9. The molecule has 0 saturated carbocycles. The summed E-state index contributed by atoms with van der Waals surface area (Å²) < 4.78 is 2.39. The van der Waals surface area contributed by atoms with Gasteiger partial charge in [0.05, 0.1) is 22.1 Å². The first-order valence-corrected chi connectivity index (χ1v) is 26.3. The van der Waals surface area contributed by atoms with Crippen molar-refractivity contribution in [2.24, 2.45) is 5.92 Å². The third-order valence-electron chi connectivity index (χ3n) is 16.1. The third-order valence-corrected chi connectivity index (χ3v) is 16.1. The van der Waals surface area contributed by atoms with E-state index < -0.39 is 5.41 Å². The van der Waals surface area contributed by atoms with Crippen molar-refractivity contribution in [3.8, 4) is 39.1 Å². The Bertz CT molecular complexity index is 4090.